The fraction of sp³-hybridized carbons (Fsp3) is 0.294. The second-order valence-corrected chi connectivity index (χ2v) is 8.63. The molecule has 2 aromatic carbocycles. The summed E-state index contributed by atoms with van der Waals surface area (Å²) in [4.78, 5) is 11.2. The number of non-ortho nitro benzene ring substituents is 1. The lowest BCUT2D eigenvalue weighted by atomic mass is 10.2. The number of rotatable bonds is 5. The number of benzene rings is 2. The van der Waals surface area contributed by atoms with Gasteiger partial charge in [-0.3, -0.25) is 10.1 Å². The highest BCUT2D eigenvalue weighted by atomic mass is 35.5. The Labute approximate surface area is 161 Å². The van der Waals surface area contributed by atoms with Crippen LogP contribution in [0.4, 0.5) is 10.1 Å². The summed E-state index contributed by atoms with van der Waals surface area (Å²) in [6.07, 6.45) is 0. The van der Waals surface area contributed by atoms with Crippen molar-refractivity contribution in [3.8, 4) is 0 Å². The van der Waals surface area contributed by atoms with Crippen molar-refractivity contribution >= 4 is 27.3 Å². The third-order valence-corrected chi connectivity index (χ3v) is 6.87. The van der Waals surface area contributed by atoms with E-state index >= 15 is 0 Å². The molecule has 0 unspecified atom stereocenters. The van der Waals surface area contributed by atoms with Gasteiger partial charge in [-0.1, -0.05) is 17.7 Å². The molecule has 0 aromatic heterocycles. The predicted octanol–water partition coefficient (Wildman–Crippen LogP) is 1.48. The average Bonchev–Trinajstić information content (AvgIpc) is 2.65. The molecule has 0 spiro atoms. The van der Waals surface area contributed by atoms with Crippen molar-refractivity contribution in [2.24, 2.45) is 0 Å². The first-order valence-electron chi connectivity index (χ1n) is 8.30. The van der Waals surface area contributed by atoms with Gasteiger partial charge in [0.05, 0.1) is 46.6 Å². The molecule has 7 nitrogen and oxygen atoms in total. The van der Waals surface area contributed by atoms with Crippen molar-refractivity contribution in [2.45, 2.75) is 11.4 Å². The molecule has 0 atom stereocenters. The van der Waals surface area contributed by atoms with E-state index in [9.17, 15) is 22.9 Å². The summed E-state index contributed by atoms with van der Waals surface area (Å²) < 4.78 is 40.7. The van der Waals surface area contributed by atoms with Gasteiger partial charge in [0.25, 0.3) is 5.69 Å². The zero-order valence-corrected chi connectivity index (χ0v) is 15.8. The first-order chi connectivity index (χ1) is 12.8. The number of quaternary nitrogens is 1. The second kappa shape index (κ2) is 7.89. The molecular weight excluding hydrogens is 397 g/mol. The molecule has 2 aromatic rings. The minimum Gasteiger partial charge on any atom is -0.329 e. The fourth-order valence-electron chi connectivity index (χ4n) is 3.06. The van der Waals surface area contributed by atoms with Crippen LogP contribution in [-0.2, 0) is 16.6 Å². The molecule has 27 heavy (non-hydrogen) atoms. The molecule has 0 radical (unpaired) electrons. The van der Waals surface area contributed by atoms with Crippen LogP contribution in [0.1, 0.15) is 5.56 Å². The van der Waals surface area contributed by atoms with Crippen LogP contribution in [-0.4, -0.2) is 43.8 Å². The summed E-state index contributed by atoms with van der Waals surface area (Å²) >= 11 is 6.06. The van der Waals surface area contributed by atoms with Gasteiger partial charge in [0, 0.05) is 12.1 Å². The van der Waals surface area contributed by atoms with E-state index in [-0.39, 0.29) is 29.5 Å². The Morgan fingerprint density at radius 1 is 1.15 bits per heavy atom. The summed E-state index contributed by atoms with van der Waals surface area (Å²) in [5.41, 5.74) is 0.269. The van der Waals surface area contributed by atoms with Gasteiger partial charge in [-0.25, -0.2) is 12.8 Å². The highest BCUT2D eigenvalue weighted by Crippen LogP contribution is 2.20. The van der Waals surface area contributed by atoms with Crippen LogP contribution in [0.3, 0.4) is 0 Å². The maximum Gasteiger partial charge on any atom is 0.269 e. The molecule has 1 aliphatic rings. The second-order valence-electron chi connectivity index (χ2n) is 6.28. The Morgan fingerprint density at radius 2 is 1.78 bits per heavy atom. The third kappa shape index (κ3) is 4.27. The summed E-state index contributed by atoms with van der Waals surface area (Å²) in [5, 5.41) is 11.1. The lowest BCUT2D eigenvalue weighted by Gasteiger charge is -2.31. The molecular formula is C17H18ClFN3O4S+. The van der Waals surface area contributed by atoms with Gasteiger partial charge in [0.1, 0.15) is 12.4 Å². The van der Waals surface area contributed by atoms with E-state index in [4.69, 9.17) is 11.6 Å². The van der Waals surface area contributed by atoms with Gasteiger partial charge in [-0.15, -0.1) is 0 Å². The minimum atomic E-state index is -3.72. The summed E-state index contributed by atoms with van der Waals surface area (Å²) in [5.74, 6) is -0.365. The summed E-state index contributed by atoms with van der Waals surface area (Å²) in [6, 6.07) is 9.37. The van der Waals surface area contributed by atoms with E-state index in [0.717, 1.165) is 4.90 Å². The van der Waals surface area contributed by atoms with Crippen LogP contribution < -0.4 is 4.90 Å². The number of nitro benzene ring substituents is 1. The fourth-order valence-corrected chi connectivity index (χ4v) is 4.73. The molecule has 0 bridgehead atoms. The largest absolute Gasteiger partial charge is 0.329 e. The number of hydrogen-bond acceptors (Lipinski definition) is 4. The monoisotopic (exact) mass is 414 g/mol. The topological polar surface area (TPSA) is 85.0 Å². The molecule has 1 saturated heterocycles. The molecule has 10 heteroatoms. The van der Waals surface area contributed by atoms with E-state index in [1.165, 1.54) is 34.6 Å². The van der Waals surface area contributed by atoms with E-state index in [0.29, 0.717) is 30.2 Å². The highest BCUT2D eigenvalue weighted by Gasteiger charge is 2.31. The zero-order chi connectivity index (χ0) is 19.6. The van der Waals surface area contributed by atoms with Crippen LogP contribution in [0.5, 0.6) is 0 Å². The molecule has 0 amide bonds. The van der Waals surface area contributed by atoms with Gasteiger partial charge in [-0.05, 0) is 24.3 Å². The van der Waals surface area contributed by atoms with Crippen molar-refractivity contribution in [1.82, 2.24) is 4.31 Å². The maximum absolute atomic E-state index is 13.9. The quantitative estimate of drug-likeness (QED) is 0.593. The van der Waals surface area contributed by atoms with E-state index < -0.39 is 14.9 Å². The van der Waals surface area contributed by atoms with Gasteiger partial charge < -0.3 is 4.90 Å². The molecule has 3 rings (SSSR count). The molecule has 0 aliphatic carbocycles. The minimum absolute atomic E-state index is 0.0219. The van der Waals surface area contributed by atoms with Crippen molar-refractivity contribution in [2.75, 3.05) is 26.2 Å². The van der Waals surface area contributed by atoms with Crippen LogP contribution >= 0.6 is 11.6 Å². The van der Waals surface area contributed by atoms with E-state index in [1.54, 1.807) is 12.1 Å². The molecule has 1 aliphatic heterocycles. The number of piperazine rings is 1. The van der Waals surface area contributed by atoms with Crippen LogP contribution in [0.2, 0.25) is 5.02 Å². The van der Waals surface area contributed by atoms with Crippen molar-refractivity contribution in [1.29, 1.82) is 0 Å². The molecule has 0 saturated carbocycles. The number of nitro groups is 1. The smallest absolute Gasteiger partial charge is 0.269 e. The van der Waals surface area contributed by atoms with Crippen molar-refractivity contribution in [3.63, 3.8) is 0 Å². The van der Waals surface area contributed by atoms with Gasteiger partial charge >= 0.3 is 0 Å². The molecule has 1 fully saturated rings. The maximum atomic E-state index is 13.9. The SMILES string of the molecule is O=[N+]([O-])c1ccc(S(=O)(=O)N2CC[NH+](Cc3c(F)cccc3Cl)CC2)cc1. The van der Waals surface area contributed by atoms with Crippen molar-refractivity contribution < 1.29 is 22.6 Å². The van der Waals surface area contributed by atoms with E-state index in [1.807, 2.05) is 0 Å². The third-order valence-electron chi connectivity index (χ3n) is 4.60. The van der Waals surface area contributed by atoms with Crippen molar-refractivity contribution in [3.05, 3.63) is 69.0 Å². The first kappa shape index (κ1) is 19.7. The van der Waals surface area contributed by atoms with Crippen LogP contribution in [0, 0.1) is 15.9 Å². The van der Waals surface area contributed by atoms with E-state index in [2.05, 4.69) is 0 Å². The number of nitrogens with zero attached hydrogens (tertiary/aromatic N) is 2. The normalized spacial score (nSPS) is 16.4. The molecule has 144 valence electrons. The standard InChI is InChI=1S/C17H17ClFN3O4S/c18-16-2-1-3-17(19)15(16)12-20-8-10-21(11-9-20)27(25,26)14-6-4-13(5-7-14)22(23)24/h1-7H,8-12H2/p+1. The molecule has 1 N–H and O–H groups in total. The Kier molecular flexibility index (Phi) is 5.75. The summed E-state index contributed by atoms with van der Waals surface area (Å²) in [7, 11) is -3.72. The zero-order valence-electron chi connectivity index (χ0n) is 14.3. The lowest BCUT2D eigenvalue weighted by Crippen LogP contribution is -3.13. The first-order valence-corrected chi connectivity index (χ1v) is 10.1. The Balaban J connectivity index is 1.66. The van der Waals surface area contributed by atoms with Gasteiger partial charge in [-0.2, -0.15) is 4.31 Å². The lowest BCUT2D eigenvalue weighted by molar-refractivity contribution is -0.917. The summed E-state index contributed by atoms with van der Waals surface area (Å²) in [6.45, 7) is 1.96. The molecule has 1 heterocycles. The Morgan fingerprint density at radius 3 is 2.33 bits per heavy atom. The number of sulfonamides is 1. The number of hydrogen-bond donors (Lipinski definition) is 1. The number of halogens is 2. The average molecular weight is 415 g/mol. The Hall–Kier alpha value is -2.07. The highest BCUT2D eigenvalue weighted by molar-refractivity contribution is 7.89. The number of nitrogens with one attached hydrogen (secondary N) is 1. The van der Waals surface area contributed by atoms with Gasteiger partial charge in [0.15, 0.2) is 0 Å². The predicted molar refractivity (Wildman–Crippen MR) is 97.7 cm³/mol. The Bertz CT molecular complexity index is 925. The van der Waals surface area contributed by atoms with Crippen LogP contribution in [0.15, 0.2) is 47.4 Å². The van der Waals surface area contributed by atoms with Crippen LogP contribution in [0.25, 0.3) is 0 Å². The van der Waals surface area contributed by atoms with Gasteiger partial charge in [0.2, 0.25) is 10.0 Å².